The maximum Gasteiger partial charge on any atom is 0.315 e. The SMILES string of the molecule is CCOc1cccc2sc(=NC(=O)c3ccco3)n(CC)c12. The number of carbonyl (C=O) groups is 1. The summed E-state index contributed by atoms with van der Waals surface area (Å²) < 4.78 is 13.8. The quantitative estimate of drug-likeness (QED) is 0.740. The van der Waals surface area contributed by atoms with Crippen molar-refractivity contribution in [3.05, 3.63) is 47.2 Å². The molecule has 3 rings (SSSR count). The molecule has 0 saturated carbocycles. The van der Waals surface area contributed by atoms with Crippen LogP contribution in [-0.4, -0.2) is 17.1 Å². The van der Waals surface area contributed by atoms with E-state index in [1.807, 2.05) is 36.6 Å². The number of hydrogen-bond acceptors (Lipinski definition) is 4. The number of fused-ring (bicyclic) bond motifs is 1. The molecule has 0 fully saturated rings. The summed E-state index contributed by atoms with van der Waals surface area (Å²) in [5.41, 5.74) is 0.975. The van der Waals surface area contributed by atoms with Gasteiger partial charge in [0.05, 0.1) is 17.6 Å². The zero-order chi connectivity index (χ0) is 15.5. The van der Waals surface area contributed by atoms with E-state index in [0.29, 0.717) is 18.0 Å². The van der Waals surface area contributed by atoms with E-state index in [0.717, 1.165) is 16.0 Å². The van der Waals surface area contributed by atoms with Gasteiger partial charge in [-0.15, -0.1) is 0 Å². The van der Waals surface area contributed by atoms with Crippen molar-refractivity contribution >= 4 is 27.5 Å². The number of aromatic nitrogens is 1. The van der Waals surface area contributed by atoms with E-state index in [-0.39, 0.29) is 11.7 Å². The molecule has 0 saturated heterocycles. The fourth-order valence-electron chi connectivity index (χ4n) is 2.29. The van der Waals surface area contributed by atoms with E-state index in [4.69, 9.17) is 9.15 Å². The lowest BCUT2D eigenvalue weighted by atomic mass is 10.3. The van der Waals surface area contributed by atoms with Crippen molar-refractivity contribution in [3.63, 3.8) is 0 Å². The number of para-hydroxylation sites is 1. The first-order valence-corrected chi connectivity index (χ1v) is 7.94. The highest BCUT2D eigenvalue weighted by Gasteiger charge is 2.13. The predicted molar refractivity (Wildman–Crippen MR) is 85.3 cm³/mol. The second-order valence-corrected chi connectivity index (χ2v) is 5.57. The van der Waals surface area contributed by atoms with Crippen LogP contribution in [0.5, 0.6) is 5.75 Å². The minimum atomic E-state index is -0.378. The Morgan fingerprint density at radius 3 is 2.86 bits per heavy atom. The molecule has 0 radical (unpaired) electrons. The van der Waals surface area contributed by atoms with Gasteiger partial charge in [0.15, 0.2) is 10.6 Å². The van der Waals surface area contributed by atoms with Gasteiger partial charge in [-0.2, -0.15) is 4.99 Å². The third-order valence-electron chi connectivity index (χ3n) is 3.21. The topological polar surface area (TPSA) is 56.7 Å². The van der Waals surface area contributed by atoms with Crippen LogP contribution in [0.2, 0.25) is 0 Å². The summed E-state index contributed by atoms with van der Waals surface area (Å²) in [6.45, 7) is 5.27. The van der Waals surface area contributed by atoms with Crippen molar-refractivity contribution in [2.45, 2.75) is 20.4 Å². The number of hydrogen-bond donors (Lipinski definition) is 0. The number of ether oxygens (including phenoxy) is 1. The van der Waals surface area contributed by atoms with Crippen LogP contribution in [0.3, 0.4) is 0 Å². The molecule has 0 aliphatic rings. The molecule has 5 nitrogen and oxygen atoms in total. The number of carbonyl (C=O) groups excluding carboxylic acids is 1. The number of benzene rings is 1. The van der Waals surface area contributed by atoms with Gasteiger partial charge in [-0.25, -0.2) is 0 Å². The maximum absolute atomic E-state index is 12.1. The van der Waals surface area contributed by atoms with Crippen LogP contribution in [0.25, 0.3) is 10.2 Å². The Bertz CT molecular complexity index is 859. The molecule has 3 aromatic rings. The van der Waals surface area contributed by atoms with Crippen LogP contribution in [0, 0.1) is 0 Å². The van der Waals surface area contributed by atoms with Gasteiger partial charge >= 0.3 is 5.91 Å². The van der Waals surface area contributed by atoms with E-state index in [1.165, 1.54) is 17.6 Å². The molecular formula is C16H16N2O3S. The van der Waals surface area contributed by atoms with Gasteiger partial charge in [0.25, 0.3) is 0 Å². The molecule has 0 N–H and O–H groups in total. The summed E-state index contributed by atoms with van der Waals surface area (Å²) >= 11 is 1.47. The zero-order valence-electron chi connectivity index (χ0n) is 12.4. The van der Waals surface area contributed by atoms with Crippen molar-refractivity contribution in [2.24, 2.45) is 4.99 Å². The summed E-state index contributed by atoms with van der Waals surface area (Å²) in [6, 6.07) is 9.17. The van der Waals surface area contributed by atoms with E-state index in [1.54, 1.807) is 12.1 Å². The highest BCUT2D eigenvalue weighted by atomic mass is 32.1. The molecule has 0 aliphatic carbocycles. The lowest BCUT2D eigenvalue weighted by Crippen LogP contribution is -2.16. The largest absolute Gasteiger partial charge is 0.492 e. The first kappa shape index (κ1) is 14.6. The standard InChI is InChI=1S/C16H16N2O3S/c1-3-18-14-11(20-4-2)7-5-9-13(14)22-16(18)17-15(19)12-8-6-10-21-12/h5-10H,3-4H2,1-2H3. The van der Waals surface area contributed by atoms with Gasteiger partial charge in [-0.1, -0.05) is 17.4 Å². The second kappa shape index (κ2) is 6.19. The summed E-state index contributed by atoms with van der Waals surface area (Å²) in [6.07, 6.45) is 1.47. The summed E-state index contributed by atoms with van der Waals surface area (Å²) in [5.74, 6) is 0.673. The zero-order valence-corrected chi connectivity index (χ0v) is 13.2. The van der Waals surface area contributed by atoms with Crippen LogP contribution in [0.15, 0.2) is 46.0 Å². The normalized spacial score (nSPS) is 12.0. The summed E-state index contributed by atoms with van der Waals surface area (Å²) in [5, 5.41) is 0. The van der Waals surface area contributed by atoms with Gasteiger partial charge in [0.2, 0.25) is 0 Å². The molecule has 0 bridgehead atoms. The van der Waals surface area contributed by atoms with Gasteiger partial charge in [0, 0.05) is 6.54 Å². The average Bonchev–Trinajstić information content (AvgIpc) is 3.15. The second-order valence-electron chi connectivity index (χ2n) is 4.56. The molecule has 22 heavy (non-hydrogen) atoms. The Labute approximate surface area is 131 Å². The fourth-order valence-corrected chi connectivity index (χ4v) is 3.40. The third kappa shape index (κ3) is 2.57. The molecular weight excluding hydrogens is 300 g/mol. The molecule has 114 valence electrons. The monoisotopic (exact) mass is 316 g/mol. The maximum atomic E-state index is 12.1. The Morgan fingerprint density at radius 1 is 1.32 bits per heavy atom. The van der Waals surface area contributed by atoms with Crippen LogP contribution in [0.1, 0.15) is 24.4 Å². The number of thiazole rings is 1. The first-order valence-electron chi connectivity index (χ1n) is 7.12. The van der Waals surface area contributed by atoms with Gasteiger partial charge in [-0.3, -0.25) is 4.79 Å². The smallest absolute Gasteiger partial charge is 0.315 e. The first-order chi connectivity index (χ1) is 10.7. The Morgan fingerprint density at radius 2 is 2.18 bits per heavy atom. The summed E-state index contributed by atoms with van der Waals surface area (Å²) in [7, 11) is 0. The highest BCUT2D eigenvalue weighted by Crippen LogP contribution is 2.27. The molecule has 1 amide bonds. The fraction of sp³-hybridized carbons (Fsp3) is 0.250. The van der Waals surface area contributed by atoms with E-state index in [2.05, 4.69) is 4.99 Å². The lowest BCUT2D eigenvalue weighted by Gasteiger charge is -2.07. The van der Waals surface area contributed by atoms with Gasteiger partial charge in [-0.05, 0) is 38.1 Å². The van der Waals surface area contributed by atoms with Crippen LogP contribution < -0.4 is 9.54 Å². The highest BCUT2D eigenvalue weighted by molar-refractivity contribution is 7.16. The van der Waals surface area contributed by atoms with E-state index in [9.17, 15) is 4.79 Å². The van der Waals surface area contributed by atoms with E-state index >= 15 is 0 Å². The molecule has 0 atom stereocenters. The lowest BCUT2D eigenvalue weighted by molar-refractivity contribution is 0.0971. The molecule has 0 unspecified atom stereocenters. The van der Waals surface area contributed by atoms with Crippen molar-refractivity contribution in [1.29, 1.82) is 0 Å². The van der Waals surface area contributed by atoms with Crippen molar-refractivity contribution in [3.8, 4) is 5.75 Å². The number of nitrogens with zero attached hydrogens (tertiary/aromatic N) is 2. The minimum absolute atomic E-state index is 0.241. The number of rotatable bonds is 4. The van der Waals surface area contributed by atoms with Crippen molar-refractivity contribution in [2.75, 3.05) is 6.61 Å². The van der Waals surface area contributed by atoms with Crippen LogP contribution in [-0.2, 0) is 6.54 Å². The van der Waals surface area contributed by atoms with Crippen molar-refractivity contribution < 1.29 is 13.9 Å². The molecule has 2 heterocycles. The number of furan rings is 1. The van der Waals surface area contributed by atoms with Crippen LogP contribution >= 0.6 is 11.3 Å². The van der Waals surface area contributed by atoms with Gasteiger partial charge < -0.3 is 13.7 Å². The predicted octanol–water partition coefficient (Wildman–Crippen LogP) is 3.46. The minimum Gasteiger partial charge on any atom is -0.492 e. The Hall–Kier alpha value is -2.34. The average molecular weight is 316 g/mol. The van der Waals surface area contributed by atoms with Crippen molar-refractivity contribution in [1.82, 2.24) is 4.57 Å². The summed E-state index contributed by atoms with van der Waals surface area (Å²) in [4.78, 5) is 17.0. The van der Waals surface area contributed by atoms with Crippen LogP contribution in [0.4, 0.5) is 0 Å². The third-order valence-corrected chi connectivity index (χ3v) is 4.25. The van der Waals surface area contributed by atoms with E-state index < -0.39 is 0 Å². The van der Waals surface area contributed by atoms with Gasteiger partial charge in [0.1, 0.15) is 11.3 Å². The molecule has 1 aromatic carbocycles. The molecule has 2 aromatic heterocycles. The molecule has 0 aliphatic heterocycles. The molecule has 0 spiro atoms. The number of amides is 1. The number of aryl methyl sites for hydroxylation is 1. The Balaban J connectivity index is 2.18. The molecule has 6 heteroatoms. The Kier molecular flexibility index (Phi) is 4.11.